The number of amides is 1. The molecule has 156 valence electrons. The molecule has 30 heavy (non-hydrogen) atoms. The van der Waals surface area contributed by atoms with Crippen LogP contribution in [0.15, 0.2) is 59.7 Å². The van der Waals surface area contributed by atoms with Gasteiger partial charge in [-0.1, -0.05) is 18.2 Å². The Hall–Kier alpha value is -3.53. The average Bonchev–Trinajstić information content (AvgIpc) is 3.20. The van der Waals surface area contributed by atoms with Crippen molar-refractivity contribution >= 4 is 17.5 Å². The Morgan fingerprint density at radius 3 is 2.43 bits per heavy atom. The summed E-state index contributed by atoms with van der Waals surface area (Å²) in [5, 5.41) is 13.8. The summed E-state index contributed by atoms with van der Waals surface area (Å²) >= 11 is 0. The fourth-order valence-electron chi connectivity index (χ4n) is 3.03. The molecule has 7 nitrogen and oxygen atoms in total. The smallest absolute Gasteiger partial charge is 0.410 e. The first-order chi connectivity index (χ1) is 14.3. The summed E-state index contributed by atoms with van der Waals surface area (Å²) in [7, 11) is 0. The van der Waals surface area contributed by atoms with Crippen LogP contribution < -0.4 is 10.2 Å². The van der Waals surface area contributed by atoms with Crippen LogP contribution in [0.25, 0.3) is 0 Å². The van der Waals surface area contributed by atoms with E-state index in [9.17, 15) is 10.1 Å². The van der Waals surface area contributed by atoms with Crippen molar-refractivity contribution in [2.45, 2.75) is 32.8 Å². The molecule has 1 saturated heterocycles. The predicted octanol–water partition coefficient (Wildman–Crippen LogP) is 5.03. The Balaban J connectivity index is 1.57. The van der Waals surface area contributed by atoms with Gasteiger partial charge in [0.05, 0.1) is 5.69 Å². The van der Waals surface area contributed by atoms with E-state index >= 15 is 0 Å². The summed E-state index contributed by atoms with van der Waals surface area (Å²) < 4.78 is 11.2. The number of benzene rings is 2. The molecule has 1 aliphatic heterocycles. The summed E-state index contributed by atoms with van der Waals surface area (Å²) in [6, 6.07) is 19.0. The number of hydrazone groups is 1. The topological polar surface area (TPSA) is 87.0 Å². The quantitative estimate of drug-likeness (QED) is 0.556. The molecule has 2 aromatic rings. The third-order valence-electron chi connectivity index (χ3n) is 4.48. The third kappa shape index (κ3) is 5.98. The van der Waals surface area contributed by atoms with E-state index in [1.54, 1.807) is 4.90 Å². The Morgan fingerprint density at radius 2 is 1.80 bits per heavy atom. The first-order valence-electron chi connectivity index (χ1n) is 9.88. The van der Waals surface area contributed by atoms with Gasteiger partial charge in [0, 0.05) is 19.0 Å². The SMILES string of the molecule is CC(C)(C)OC(=O)N1CCC(C(C#N)=NNc2ccc(Oc3ccccc3)cc2)C1. The van der Waals surface area contributed by atoms with E-state index in [1.165, 1.54) is 0 Å². The van der Waals surface area contributed by atoms with Crippen LogP contribution in [0.3, 0.4) is 0 Å². The highest BCUT2D eigenvalue weighted by atomic mass is 16.6. The van der Waals surface area contributed by atoms with Gasteiger partial charge in [0.1, 0.15) is 28.9 Å². The molecule has 0 aliphatic carbocycles. The van der Waals surface area contributed by atoms with Crippen molar-refractivity contribution < 1.29 is 14.3 Å². The number of nitriles is 1. The molecule has 1 amide bonds. The monoisotopic (exact) mass is 406 g/mol. The van der Waals surface area contributed by atoms with Gasteiger partial charge in [-0.2, -0.15) is 10.4 Å². The zero-order valence-electron chi connectivity index (χ0n) is 17.5. The van der Waals surface area contributed by atoms with Crippen LogP contribution in [0.1, 0.15) is 27.2 Å². The van der Waals surface area contributed by atoms with E-state index < -0.39 is 5.60 Å². The van der Waals surface area contributed by atoms with Crippen molar-refractivity contribution in [1.29, 1.82) is 5.26 Å². The van der Waals surface area contributed by atoms with Crippen molar-refractivity contribution in [2.75, 3.05) is 18.5 Å². The van der Waals surface area contributed by atoms with Gasteiger partial charge >= 0.3 is 6.09 Å². The molecule has 0 aromatic heterocycles. The lowest BCUT2D eigenvalue weighted by Crippen LogP contribution is -2.35. The summed E-state index contributed by atoms with van der Waals surface area (Å²) in [5.41, 5.74) is 3.49. The van der Waals surface area contributed by atoms with Crippen molar-refractivity contribution in [2.24, 2.45) is 11.0 Å². The maximum atomic E-state index is 12.2. The van der Waals surface area contributed by atoms with Gasteiger partial charge in [-0.3, -0.25) is 5.43 Å². The lowest BCUT2D eigenvalue weighted by Gasteiger charge is -2.24. The van der Waals surface area contributed by atoms with Crippen molar-refractivity contribution in [3.05, 3.63) is 54.6 Å². The molecule has 1 fully saturated rings. The van der Waals surface area contributed by atoms with E-state index in [1.807, 2.05) is 75.4 Å². The van der Waals surface area contributed by atoms with Gasteiger partial charge in [0.2, 0.25) is 0 Å². The number of ether oxygens (including phenoxy) is 2. The zero-order chi connectivity index (χ0) is 21.6. The first kappa shape index (κ1) is 21.2. The van der Waals surface area contributed by atoms with Crippen LogP contribution in [0.4, 0.5) is 10.5 Å². The normalized spacial score (nSPS) is 16.7. The highest BCUT2D eigenvalue weighted by Crippen LogP contribution is 2.24. The number of carbonyl (C=O) groups excluding carboxylic acids is 1. The molecular formula is C23H26N4O3. The maximum absolute atomic E-state index is 12.2. The van der Waals surface area contributed by atoms with Crippen LogP contribution in [-0.2, 0) is 4.74 Å². The van der Waals surface area contributed by atoms with Gasteiger partial charge in [-0.05, 0) is 63.6 Å². The molecule has 2 aromatic carbocycles. The number of hydrogen-bond donors (Lipinski definition) is 1. The Bertz CT molecular complexity index is 928. The second kappa shape index (κ2) is 9.31. The lowest BCUT2D eigenvalue weighted by atomic mass is 10.0. The molecule has 0 spiro atoms. The maximum Gasteiger partial charge on any atom is 0.410 e. The highest BCUT2D eigenvalue weighted by Gasteiger charge is 2.32. The second-order valence-corrected chi connectivity index (χ2v) is 8.07. The van der Waals surface area contributed by atoms with Crippen molar-refractivity contribution in [1.82, 2.24) is 4.90 Å². The van der Waals surface area contributed by atoms with Crippen LogP contribution in [0, 0.1) is 17.2 Å². The van der Waals surface area contributed by atoms with Crippen LogP contribution in [0.5, 0.6) is 11.5 Å². The number of hydrogen-bond acceptors (Lipinski definition) is 6. The van der Waals surface area contributed by atoms with E-state index in [4.69, 9.17) is 9.47 Å². The Kier molecular flexibility index (Phi) is 6.58. The van der Waals surface area contributed by atoms with Gasteiger partial charge in [-0.15, -0.1) is 0 Å². The molecule has 1 unspecified atom stereocenters. The number of para-hydroxylation sites is 1. The van der Waals surface area contributed by atoms with Gasteiger partial charge in [0.25, 0.3) is 0 Å². The highest BCUT2D eigenvalue weighted by molar-refractivity contribution is 6.01. The minimum atomic E-state index is -0.542. The van der Waals surface area contributed by atoms with Crippen molar-refractivity contribution in [3.63, 3.8) is 0 Å². The molecule has 1 aliphatic rings. The van der Waals surface area contributed by atoms with E-state index in [2.05, 4.69) is 16.6 Å². The minimum absolute atomic E-state index is 0.115. The number of nitrogens with zero attached hydrogens (tertiary/aromatic N) is 3. The second-order valence-electron chi connectivity index (χ2n) is 8.07. The summed E-state index contributed by atoms with van der Waals surface area (Å²) in [6.07, 6.45) is 0.321. The number of anilines is 1. The van der Waals surface area contributed by atoms with Gasteiger partial charge < -0.3 is 14.4 Å². The van der Waals surface area contributed by atoms with Crippen LogP contribution >= 0.6 is 0 Å². The molecule has 3 rings (SSSR count). The van der Waals surface area contributed by atoms with E-state index in [-0.39, 0.29) is 12.0 Å². The molecule has 1 N–H and O–H groups in total. The largest absolute Gasteiger partial charge is 0.457 e. The van der Waals surface area contributed by atoms with Gasteiger partial charge in [0.15, 0.2) is 0 Å². The Labute approximate surface area is 176 Å². The molecule has 1 heterocycles. The van der Waals surface area contributed by atoms with Gasteiger partial charge in [-0.25, -0.2) is 4.79 Å². The number of rotatable bonds is 5. The number of carbonyl (C=O) groups is 1. The number of nitrogens with one attached hydrogen (secondary N) is 1. The van der Waals surface area contributed by atoms with E-state index in [0.29, 0.717) is 31.0 Å². The van der Waals surface area contributed by atoms with Crippen LogP contribution in [0.2, 0.25) is 0 Å². The third-order valence-corrected chi connectivity index (χ3v) is 4.48. The molecule has 0 bridgehead atoms. The standard InChI is InChI=1S/C23H26N4O3/c1-23(2,3)30-22(28)27-14-13-17(16-27)21(15-24)26-25-18-9-11-20(12-10-18)29-19-7-5-4-6-8-19/h4-12,17,25H,13-14,16H2,1-3H3. The summed E-state index contributed by atoms with van der Waals surface area (Å²) in [4.78, 5) is 13.8. The van der Waals surface area contributed by atoms with E-state index in [0.717, 1.165) is 11.4 Å². The zero-order valence-corrected chi connectivity index (χ0v) is 17.5. The van der Waals surface area contributed by atoms with Crippen LogP contribution in [-0.4, -0.2) is 35.4 Å². The van der Waals surface area contributed by atoms with Crippen molar-refractivity contribution in [3.8, 4) is 17.6 Å². The molecule has 7 heteroatoms. The molecule has 0 saturated carbocycles. The fourth-order valence-corrected chi connectivity index (χ4v) is 3.03. The lowest BCUT2D eigenvalue weighted by molar-refractivity contribution is 0.0292. The minimum Gasteiger partial charge on any atom is -0.457 e. The molecule has 0 radical (unpaired) electrons. The predicted molar refractivity (Wildman–Crippen MR) is 116 cm³/mol. The summed E-state index contributed by atoms with van der Waals surface area (Å²) in [5.74, 6) is 1.36. The number of likely N-dealkylation sites (tertiary alicyclic amines) is 1. The molecule has 1 atom stereocenters. The first-order valence-corrected chi connectivity index (χ1v) is 9.88. The molecular weight excluding hydrogens is 380 g/mol. The average molecular weight is 406 g/mol. The summed E-state index contributed by atoms with van der Waals surface area (Å²) in [6.45, 7) is 6.47. The fraction of sp³-hybridized carbons (Fsp3) is 0.348. The Morgan fingerprint density at radius 1 is 1.13 bits per heavy atom.